The molecule has 1 amide bonds. The first-order chi connectivity index (χ1) is 22.3. The van der Waals surface area contributed by atoms with E-state index in [9.17, 15) is 18.0 Å². The van der Waals surface area contributed by atoms with Crippen molar-refractivity contribution in [3.63, 3.8) is 0 Å². The fourth-order valence-electron chi connectivity index (χ4n) is 5.94. The van der Waals surface area contributed by atoms with E-state index in [1.54, 1.807) is 36.4 Å². The molecule has 1 heterocycles. The summed E-state index contributed by atoms with van der Waals surface area (Å²) >= 11 is 0. The number of ether oxygens (including phenoxy) is 1. The molecule has 0 aliphatic heterocycles. The summed E-state index contributed by atoms with van der Waals surface area (Å²) in [5.41, 5.74) is 4.82. The number of benzene rings is 4. The molecule has 236 valence electrons. The maximum Gasteiger partial charge on any atom is 0.251 e. The molecule has 0 bridgehead atoms. The fraction of sp³-hybridized carbons (Fsp3) is 0.243. The normalized spacial score (nSPS) is 12.8. The van der Waals surface area contributed by atoms with Gasteiger partial charge in [0, 0.05) is 34.9 Å². The second-order valence-electron chi connectivity index (χ2n) is 11.5. The summed E-state index contributed by atoms with van der Waals surface area (Å²) in [5, 5.41) is 3.85. The number of hydrogen-bond acceptors (Lipinski definition) is 6. The van der Waals surface area contributed by atoms with Crippen molar-refractivity contribution < 1.29 is 27.2 Å². The predicted octanol–water partition coefficient (Wildman–Crippen LogP) is 6.51. The van der Waals surface area contributed by atoms with Crippen LogP contribution in [0.5, 0.6) is 5.75 Å². The number of nitrogens with zero attached hydrogens (tertiary/aromatic N) is 1. The maximum atomic E-state index is 13.2. The first-order valence-corrected chi connectivity index (χ1v) is 17.3. The number of fused-ring (bicyclic) bond motifs is 3. The molecule has 5 aromatic rings. The van der Waals surface area contributed by atoms with Crippen molar-refractivity contribution in [2.45, 2.75) is 38.6 Å². The van der Waals surface area contributed by atoms with E-state index in [1.165, 1.54) is 16.3 Å². The molecule has 6 rings (SSSR count). The van der Waals surface area contributed by atoms with Gasteiger partial charge in [0.15, 0.2) is 17.1 Å². The molecule has 0 unspecified atom stereocenters. The highest BCUT2D eigenvalue weighted by atomic mass is 32.2. The molecule has 9 heteroatoms. The van der Waals surface area contributed by atoms with E-state index >= 15 is 0 Å². The van der Waals surface area contributed by atoms with Gasteiger partial charge < -0.3 is 14.5 Å². The highest BCUT2D eigenvalue weighted by molar-refractivity contribution is 7.92. The molecular formula is C37H36N2O6S. The lowest BCUT2D eigenvalue weighted by atomic mass is 9.96. The average Bonchev–Trinajstić information content (AvgIpc) is 3.46. The van der Waals surface area contributed by atoms with Crippen LogP contribution in [-0.4, -0.2) is 39.5 Å². The molecule has 0 atom stereocenters. The number of nitrogens with one attached hydrogen (secondary N) is 1. The topological polar surface area (TPSA) is 106 Å². The van der Waals surface area contributed by atoms with Crippen LogP contribution in [0.2, 0.25) is 0 Å². The predicted molar refractivity (Wildman–Crippen MR) is 179 cm³/mol. The quantitative estimate of drug-likeness (QED) is 0.157. The van der Waals surface area contributed by atoms with Gasteiger partial charge in [0.2, 0.25) is 10.0 Å². The zero-order valence-corrected chi connectivity index (χ0v) is 26.5. The summed E-state index contributed by atoms with van der Waals surface area (Å²) in [5.74, 6) is 1.04. The summed E-state index contributed by atoms with van der Waals surface area (Å²) in [6.45, 7) is 0.240. The Labute approximate surface area is 269 Å². The van der Waals surface area contributed by atoms with Crippen LogP contribution < -0.4 is 14.4 Å². The molecular weight excluding hydrogens is 600 g/mol. The molecule has 1 aliphatic rings. The van der Waals surface area contributed by atoms with E-state index < -0.39 is 10.0 Å². The molecule has 0 fully saturated rings. The van der Waals surface area contributed by atoms with Gasteiger partial charge >= 0.3 is 0 Å². The zero-order chi connectivity index (χ0) is 32.1. The van der Waals surface area contributed by atoms with Crippen LogP contribution >= 0.6 is 0 Å². The van der Waals surface area contributed by atoms with E-state index in [4.69, 9.17) is 9.15 Å². The first kappa shape index (κ1) is 31.1. The van der Waals surface area contributed by atoms with Crippen molar-refractivity contribution in [2.24, 2.45) is 0 Å². The molecule has 1 aromatic heterocycles. The Kier molecular flexibility index (Phi) is 9.21. The van der Waals surface area contributed by atoms with Crippen molar-refractivity contribution in [2.75, 3.05) is 23.7 Å². The van der Waals surface area contributed by atoms with E-state index in [2.05, 4.69) is 11.4 Å². The molecule has 0 saturated heterocycles. The van der Waals surface area contributed by atoms with E-state index in [1.807, 2.05) is 54.6 Å². The number of sulfonamides is 1. The SMILES string of the molecule is CS(=O)(=O)N(Cc1ccccc1)c1cccc(C(=O)CNC(=O)c2ccccc2CCOc2cccc3c4c(oc23)CCCC4)c1. The molecule has 1 aliphatic carbocycles. The summed E-state index contributed by atoms with van der Waals surface area (Å²) in [4.78, 5) is 26.4. The lowest BCUT2D eigenvalue weighted by Crippen LogP contribution is -2.31. The summed E-state index contributed by atoms with van der Waals surface area (Å²) < 4.78 is 38.9. The largest absolute Gasteiger partial charge is 0.489 e. The number of Topliss-reactive ketones (excluding diaryl/α,β-unsaturated/α-hetero) is 1. The number of hydrogen-bond donors (Lipinski definition) is 1. The van der Waals surface area contributed by atoms with Gasteiger partial charge in [0.25, 0.3) is 5.91 Å². The Morgan fingerprint density at radius 1 is 0.891 bits per heavy atom. The van der Waals surface area contributed by atoms with E-state index in [-0.39, 0.29) is 24.8 Å². The minimum atomic E-state index is -3.63. The number of anilines is 1. The lowest BCUT2D eigenvalue weighted by Gasteiger charge is -2.23. The van der Waals surface area contributed by atoms with E-state index in [0.29, 0.717) is 35.6 Å². The number of para-hydroxylation sites is 1. The van der Waals surface area contributed by atoms with Crippen molar-refractivity contribution in [1.82, 2.24) is 5.32 Å². The number of furan rings is 1. The van der Waals surface area contributed by atoms with E-state index in [0.717, 1.165) is 53.4 Å². The molecule has 0 saturated carbocycles. The smallest absolute Gasteiger partial charge is 0.251 e. The highest BCUT2D eigenvalue weighted by Crippen LogP contribution is 2.36. The minimum Gasteiger partial charge on any atom is -0.489 e. The molecule has 1 N–H and O–H groups in total. The van der Waals surface area contributed by atoms with Crippen molar-refractivity contribution in [3.05, 3.63) is 131 Å². The number of carbonyl (C=O) groups is 2. The van der Waals surface area contributed by atoms with Gasteiger partial charge in [-0.2, -0.15) is 0 Å². The van der Waals surface area contributed by atoms with Gasteiger partial charge in [0.1, 0.15) is 5.76 Å². The van der Waals surface area contributed by atoms with Crippen LogP contribution in [0.4, 0.5) is 5.69 Å². The van der Waals surface area contributed by atoms with Gasteiger partial charge in [-0.1, -0.05) is 72.8 Å². The Hall–Kier alpha value is -4.89. The number of amides is 1. The van der Waals surface area contributed by atoms with Crippen LogP contribution in [-0.2, 0) is 35.8 Å². The van der Waals surface area contributed by atoms with Crippen molar-refractivity contribution >= 4 is 38.4 Å². The second-order valence-corrected chi connectivity index (χ2v) is 13.4. The fourth-order valence-corrected chi connectivity index (χ4v) is 6.82. The van der Waals surface area contributed by atoms with Gasteiger partial charge in [-0.05, 0) is 54.7 Å². The Bertz CT molecular complexity index is 1980. The van der Waals surface area contributed by atoms with Gasteiger partial charge in [-0.3, -0.25) is 13.9 Å². The molecule has 0 spiro atoms. The number of aryl methyl sites for hydroxylation is 2. The molecule has 0 radical (unpaired) electrons. The molecule has 4 aromatic carbocycles. The third-order valence-electron chi connectivity index (χ3n) is 8.27. The van der Waals surface area contributed by atoms with Crippen molar-refractivity contribution in [1.29, 1.82) is 0 Å². The molecule has 8 nitrogen and oxygen atoms in total. The maximum absolute atomic E-state index is 13.2. The van der Waals surface area contributed by atoms with Gasteiger partial charge in [-0.25, -0.2) is 8.42 Å². The highest BCUT2D eigenvalue weighted by Gasteiger charge is 2.21. The van der Waals surface area contributed by atoms with Crippen LogP contribution in [0.3, 0.4) is 0 Å². The van der Waals surface area contributed by atoms with Gasteiger partial charge in [-0.15, -0.1) is 0 Å². The zero-order valence-electron chi connectivity index (χ0n) is 25.7. The second kappa shape index (κ2) is 13.6. The Balaban J connectivity index is 1.09. The Morgan fingerprint density at radius 3 is 2.48 bits per heavy atom. The first-order valence-electron chi connectivity index (χ1n) is 15.4. The summed E-state index contributed by atoms with van der Waals surface area (Å²) in [7, 11) is -3.63. The van der Waals surface area contributed by atoms with Crippen LogP contribution in [0.25, 0.3) is 11.0 Å². The van der Waals surface area contributed by atoms with Crippen LogP contribution in [0.1, 0.15) is 56.0 Å². The number of ketones is 1. The van der Waals surface area contributed by atoms with Gasteiger partial charge in [0.05, 0.1) is 31.6 Å². The van der Waals surface area contributed by atoms with Crippen LogP contribution in [0.15, 0.2) is 101 Å². The summed E-state index contributed by atoms with van der Waals surface area (Å²) in [6, 6.07) is 28.9. The van der Waals surface area contributed by atoms with Crippen LogP contribution in [0, 0.1) is 0 Å². The lowest BCUT2D eigenvalue weighted by molar-refractivity contribution is 0.0903. The number of carbonyl (C=O) groups excluding carboxylic acids is 2. The standard InChI is InChI=1S/C37H36N2O6S/c1-46(42,43)39(25-26-11-3-2-4-12-26)29-15-9-14-28(23-29)33(40)24-38-37(41)30-16-6-5-13-27(30)21-22-44-35-20-10-18-32-31-17-7-8-19-34(31)45-36(32)35/h2-6,9-16,18,20,23H,7-8,17,19,21-22,24-25H2,1H3,(H,38,41). The summed E-state index contributed by atoms with van der Waals surface area (Å²) in [6.07, 6.45) is 5.90. The molecule has 46 heavy (non-hydrogen) atoms. The minimum absolute atomic E-state index is 0.132. The van der Waals surface area contributed by atoms with Crippen molar-refractivity contribution in [3.8, 4) is 5.75 Å². The monoisotopic (exact) mass is 636 g/mol. The Morgan fingerprint density at radius 2 is 1.65 bits per heavy atom. The third kappa shape index (κ3) is 7.00. The average molecular weight is 637 g/mol. The number of rotatable bonds is 12. The third-order valence-corrected chi connectivity index (χ3v) is 9.41.